The maximum atomic E-state index is 5.46. The molecule has 84 valence electrons. The van der Waals surface area contributed by atoms with Crippen molar-refractivity contribution in [3.8, 4) is 0 Å². The molecule has 0 aromatic carbocycles. The summed E-state index contributed by atoms with van der Waals surface area (Å²) in [7, 11) is 3.29. The van der Waals surface area contributed by atoms with Gasteiger partial charge in [-0.2, -0.15) is 0 Å². The van der Waals surface area contributed by atoms with Crippen LogP contribution in [-0.4, -0.2) is 25.4 Å². The molecule has 4 heteroatoms. The summed E-state index contributed by atoms with van der Waals surface area (Å²) in [6, 6.07) is 4.36. The Kier molecular flexibility index (Phi) is 5.68. The van der Waals surface area contributed by atoms with Crippen molar-refractivity contribution < 1.29 is 4.74 Å². The number of ether oxygens (including phenoxy) is 1. The van der Waals surface area contributed by atoms with Gasteiger partial charge in [-0.3, -0.25) is 0 Å². The lowest BCUT2D eigenvalue weighted by atomic mass is 10.1. The first-order chi connectivity index (χ1) is 7.24. The molecule has 0 bridgehead atoms. The standard InChI is InChI=1S/C11H19NOP2/c1-5-9(13-2)8-6-10(14-3)12-11(7-8)15-4/h6-7,9,14-15H,5H2,1-4H3. The third-order valence-electron chi connectivity index (χ3n) is 2.39. The number of hydrogen-bond acceptors (Lipinski definition) is 2. The molecule has 15 heavy (non-hydrogen) atoms. The van der Waals surface area contributed by atoms with Crippen molar-refractivity contribution in [2.75, 3.05) is 20.4 Å². The Morgan fingerprint density at radius 2 is 1.80 bits per heavy atom. The highest BCUT2D eigenvalue weighted by Gasteiger charge is 2.10. The smallest absolute Gasteiger partial charge is 0.0820 e. The van der Waals surface area contributed by atoms with E-state index < -0.39 is 0 Å². The lowest BCUT2D eigenvalue weighted by Crippen LogP contribution is -2.16. The van der Waals surface area contributed by atoms with Gasteiger partial charge in [0.05, 0.1) is 17.0 Å². The zero-order valence-corrected chi connectivity index (χ0v) is 11.8. The Morgan fingerprint density at radius 1 is 1.27 bits per heavy atom. The second kappa shape index (κ2) is 6.53. The minimum Gasteiger partial charge on any atom is -0.377 e. The van der Waals surface area contributed by atoms with Crippen LogP contribution in [0, 0.1) is 0 Å². The zero-order chi connectivity index (χ0) is 11.3. The molecule has 0 saturated heterocycles. The molecule has 0 aliphatic rings. The Labute approximate surface area is 95.8 Å². The van der Waals surface area contributed by atoms with Gasteiger partial charge in [-0.1, -0.05) is 24.1 Å². The van der Waals surface area contributed by atoms with E-state index in [0.29, 0.717) is 0 Å². The van der Waals surface area contributed by atoms with Crippen molar-refractivity contribution in [1.82, 2.24) is 4.98 Å². The fourth-order valence-electron chi connectivity index (χ4n) is 1.53. The highest BCUT2D eigenvalue weighted by Crippen LogP contribution is 2.20. The van der Waals surface area contributed by atoms with E-state index in [1.165, 1.54) is 16.4 Å². The summed E-state index contributed by atoms with van der Waals surface area (Å²) >= 11 is 0. The van der Waals surface area contributed by atoms with Crippen LogP contribution in [0.5, 0.6) is 0 Å². The normalized spacial score (nSPS) is 14.4. The predicted molar refractivity (Wildman–Crippen MR) is 72.0 cm³/mol. The van der Waals surface area contributed by atoms with E-state index in [1.54, 1.807) is 7.11 Å². The van der Waals surface area contributed by atoms with Gasteiger partial charge in [0, 0.05) is 7.11 Å². The summed E-state index contributed by atoms with van der Waals surface area (Å²) in [6.07, 6.45) is 1.23. The number of aromatic nitrogens is 1. The van der Waals surface area contributed by atoms with Crippen LogP contribution in [0.25, 0.3) is 0 Å². The van der Waals surface area contributed by atoms with Crippen molar-refractivity contribution in [3.05, 3.63) is 17.7 Å². The molecule has 1 aromatic heterocycles. The van der Waals surface area contributed by atoms with Crippen LogP contribution < -0.4 is 10.9 Å². The Balaban J connectivity index is 3.05. The third kappa shape index (κ3) is 3.48. The molecule has 2 nitrogen and oxygen atoms in total. The summed E-state index contributed by atoms with van der Waals surface area (Å²) in [4.78, 5) is 4.59. The summed E-state index contributed by atoms with van der Waals surface area (Å²) in [5.41, 5.74) is 3.68. The Morgan fingerprint density at radius 3 is 2.13 bits per heavy atom. The number of hydrogen-bond donors (Lipinski definition) is 0. The molecule has 3 unspecified atom stereocenters. The van der Waals surface area contributed by atoms with Crippen LogP contribution in [0.3, 0.4) is 0 Å². The molecular weight excluding hydrogens is 224 g/mol. The van der Waals surface area contributed by atoms with Gasteiger partial charge in [0.25, 0.3) is 0 Å². The van der Waals surface area contributed by atoms with Crippen LogP contribution >= 0.6 is 17.2 Å². The Bertz CT molecular complexity index is 291. The summed E-state index contributed by atoms with van der Waals surface area (Å²) in [6.45, 7) is 6.49. The quantitative estimate of drug-likeness (QED) is 0.738. The van der Waals surface area contributed by atoms with Gasteiger partial charge >= 0.3 is 0 Å². The largest absolute Gasteiger partial charge is 0.377 e. The molecule has 0 saturated carbocycles. The molecule has 0 N–H and O–H groups in total. The summed E-state index contributed by atoms with van der Waals surface area (Å²) in [5.74, 6) is 0. The van der Waals surface area contributed by atoms with Gasteiger partial charge in [0.15, 0.2) is 0 Å². The van der Waals surface area contributed by atoms with E-state index in [0.717, 1.165) is 23.6 Å². The maximum absolute atomic E-state index is 5.46. The average molecular weight is 243 g/mol. The van der Waals surface area contributed by atoms with Gasteiger partial charge in [-0.05, 0) is 37.4 Å². The van der Waals surface area contributed by atoms with Gasteiger partial charge < -0.3 is 4.74 Å². The van der Waals surface area contributed by atoms with Crippen molar-refractivity contribution >= 4 is 28.0 Å². The molecule has 0 aliphatic heterocycles. The first kappa shape index (κ1) is 13.0. The second-order valence-corrected chi connectivity index (χ2v) is 5.33. The van der Waals surface area contributed by atoms with Gasteiger partial charge in [0.2, 0.25) is 0 Å². The van der Waals surface area contributed by atoms with E-state index in [4.69, 9.17) is 4.74 Å². The molecule has 1 heterocycles. The SMILES string of the molecule is CCC(OC)c1cc(PC)nc(PC)c1. The maximum Gasteiger partial charge on any atom is 0.0820 e. The monoisotopic (exact) mass is 243 g/mol. The first-order valence-corrected chi connectivity index (χ1v) is 8.15. The number of pyridine rings is 1. The van der Waals surface area contributed by atoms with Crippen LogP contribution in [0.4, 0.5) is 0 Å². The van der Waals surface area contributed by atoms with E-state index in [9.17, 15) is 0 Å². The van der Waals surface area contributed by atoms with E-state index in [1.807, 2.05) is 0 Å². The first-order valence-electron chi connectivity index (χ1n) is 5.15. The van der Waals surface area contributed by atoms with Crippen molar-refractivity contribution in [2.24, 2.45) is 0 Å². The summed E-state index contributed by atoms with van der Waals surface area (Å²) < 4.78 is 5.46. The topological polar surface area (TPSA) is 22.1 Å². The lowest BCUT2D eigenvalue weighted by molar-refractivity contribution is 0.100. The minimum absolute atomic E-state index is 0.221. The van der Waals surface area contributed by atoms with Crippen molar-refractivity contribution in [3.63, 3.8) is 0 Å². The molecule has 1 rings (SSSR count). The van der Waals surface area contributed by atoms with Crippen LogP contribution in [0.2, 0.25) is 0 Å². The predicted octanol–water partition coefficient (Wildman–Crippen LogP) is 2.05. The Hall–Kier alpha value is -0.0300. The molecule has 0 radical (unpaired) electrons. The highest BCUT2D eigenvalue weighted by atomic mass is 31.1. The molecule has 0 amide bonds. The van der Waals surface area contributed by atoms with Crippen LogP contribution in [0.15, 0.2) is 12.1 Å². The molecule has 3 atom stereocenters. The highest BCUT2D eigenvalue weighted by molar-refractivity contribution is 7.47. The van der Waals surface area contributed by atoms with Crippen molar-refractivity contribution in [2.45, 2.75) is 19.4 Å². The lowest BCUT2D eigenvalue weighted by Gasteiger charge is -2.15. The van der Waals surface area contributed by atoms with Crippen LogP contribution in [-0.2, 0) is 4.74 Å². The fourth-order valence-corrected chi connectivity index (χ4v) is 2.73. The third-order valence-corrected chi connectivity index (χ3v) is 3.92. The molecule has 0 fully saturated rings. The fraction of sp³-hybridized carbons (Fsp3) is 0.545. The average Bonchev–Trinajstić information content (AvgIpc) is 2.30. The number of rotatable bonds is 5. The molecule has 1 aromatic rings. The molecular formula is C11H19NOP2. The van der Waals surface area contributed by atoms with Crippen molar-refractivity contribution in [1.29, 1.82) is 0 Å². The molecule has 0 aliphatic carbocycles. The van der Waals surface area contributed by atoms with Gasteiger partial charge in [-0.15, -0.1) is 0 Å². The summed E-state index contributed by atoms with van der Waals surface area (Å²) in [5, 5.41) is 0. The minimum atomic E-state index is 0.221. The van der Waals surface area contributed by atoms with E-state index >= 15 is 0 Å². The van der Waals surface area contributed by atoms with Gasteiger partial charge in [0.1, 0.15) is 0 Å². The van der Waals surface area contributed by atoms with Crippen LogP contribution in [0.1, 0.15) is 25.0 Å². The zero-order valence-electron chi connectivity index (χ0n) is 9.79. The number of nitrogens with zero attached hydrogens (tertiary/aromatic N) is 1. The number of methoxy groups -OCH3 is 1. The van der Waals surface area contributed by atoms with Gasteiger partial charge in [-0.25, -0.2) is 4.98 Å². The van der Waals surface area contributed by atoms with E-state index in [2.05, 4.69) is 37.4 Å². The molecule has 0 spiro atoms. The second-order valence-electron chi connectivity index (χ2n) is 3.30. The van der Waals surface area contributed by atoms with E-state index in [-0.39, 0.29) is 6.10 Å².